The van der Waals surface area contributed by atoms with Gasteiger partial charge in [0.1, 0.15) is 5.69 Å². The molecule has 0 aliphatic rings. The first-order valence-corrected chi connectivity index (χ1v) is 8.70. The van der Waals surface area contributed by atoms with Crippen LogP contribution in [0.1, 0.15) is 6.92 Å². The van der Waals surface area contributed by atoms with Gasteiger partial charge in [-0.1, -0.05) is 18.2 Å². The first-order valence-electron chi connectivity index (χ1n) is 7.26. The van der Waals surface area contributed by atoms with Crippen molar-refractivity contribution >= 4 is 15.7 Å². The summed E-state index contributed by atoms with van der Waals surface area (Å²) >= 11 is 0. The molecule has 124 valence electrons. The number of rotatable bonds is 5. The van der Waals surface area contributed by atoms with Crippen molar-refractivity contribution in [2.45, 2.75) is 12.0 Å². The van der Waals surface area contributed by atoms with Gasteiger partial charge in [0.15, 0.2) is 5.76 Å². The predicted molar refractivity (Wildman–Crippen MR) is 89.2 cm³/mol. The smallest absolute Gasteiger partial charge is 0.297 e. The molecular formula is C16H15N3O4S. The molecule has 0 aliphatic heterocycles. The summed E-state index contributed by atoms with van der Waals surface area (Å²) in [4.78, 5) is 11.1. The van der Waals surface area contributed by atoms with Crippen molar-refractivity contribution < 1.29 is 12.8 Å². The molecule has 1 aromatic carbocycles. The van der Waals surface area contributed by atoms with Gasteiger partial charge in [0, 0.05) is 12.6 Å². The van der Waals surface area contributed by atoms with Gasteiger partial charge in [-0.3, -0.25) is 9.10 Å². The number of anilines is 1. The molecule has 0 amide bonds. The van der Waals surface area contributed by atoms with Crippen LogP contribution in [0.25, 0.3) is 11.5 Å². The third-order valence-corrected chi connectivity index (χ3v) is 5.17. The lowest BCUT2D eigenvalue weighted by molar-refractivity contribution is 0.458. The minimum atomic E-state index is -3.83. The highest BCUT2D eigenvalue weighted by Crippen LogP contribution is 2.27. The minimum absolute atomic E-state index is 0.184. The van der Waals surface area contributed by atoms with Crippen molar-refractivity contribution in [3.05, 3.63) is 65.0 Å². The van der Waals surface area contributed by atoms with Gasteiger partial charge >= 0.3 is 0 Å². The highest BCUT2D eigenvalue weighted by molar-refractivity contribution is 7.92. The maximum atomic E-state index is 12.8. The first kappa shape index (κ1) is 16.0. The van der Waals surface area contributed by atoms with E-state index < -0.39 is 10.0 Å². The molecule has 3 aromatic rings. The van der Waals surface area contributed by atoms with E-state index in [4.69, 9.17) is 4.42 Å². The summed E-state index contributed by atoms with van der Waals surface area (Å²) in [5, 5.41) is 5.92. The number of nitrogens with zero attached hydrogens (tertiary/aromatic N) is 2. The van der Waals surface area contributed by atoms with E-state index in [9.17, 15) is 13.2 Å². The Labute approximate surface area is 138 Å². The normalized spacial score (nSPS) is 11.4. The molecular weight excluding hydrogens is 330 g/mol. The van der Waals surface area contributed by atoms with Crippen LogP contribution in [0.3, 0.4) is 0 Å². The fourth-order valence-electron chi connectivity index (χ4n) is 2.27. The lowest BCUT2D eigenvalue weighted by atomic mass is 10.3. The van der Waals surface area contributed by atoms with E-state index in [-0.39, 0.29) is 23.0 Å². The van der Waals surface area contributed by atoms with Crippen molar-refractivity contribution in [1.82, 2.24) is 10.2 Å². The van der Waals surface area contributed by atoms with E-state index in [1.54, 1.807) is 31.2 Å². The number of nitrogens with one attached hydrogen (secondary N) is 1. The molecule has 0 saturated heterocycles. The molecule has 0 saturated carbocycles. The molecule has 7 nitrogen and oxygen atoms in total. The molecule has 2 aromatic heterocycles. The Balaban J connectivity index is 1.98. The summed E-state index contributed by atoms with van der Waals surface area (Å²) in [7, 11) is -3.83. The number of hydrogen-bond acceptors (Lipinski definition) is 5. The van der Waals surface area contributed by atoms with Crippen molar-refractivity contribution in [2.24, 2.45) is 0 Å². The van der Waals surface area contributed by atoms with Crippen LogP contribution in [0.4, 0.5) is 5.69 Å². The molecule has 0 fully saturated rings. The summed E-state index contributed by atoms with van der Waals surface area (Å²) in [5.74, 6) is 0.258. The Hall–Kier alpha value is -2.87. The van der Waals surface area contributed by atoms with Gasteiger partial charge in [-0.2, -0.15) is 13.5 Å². The molecule has 24 heavy (non-hydrogen) atoms. The van der Waals surface area contributed by atoms with Gasteiger partial charge in [-0.25, -0.2) is 5.10 Å². The van der Waals surface area contributed by atoms with Gasteiger partial charge in [0.05, 0.1) is 5.69 Å². The van der Waals surface area contributed by atoms with Gasteiger partial charge in [-0.05, 0) is 37.3 Å². The molecule has 0 bridgehead atoms. The Kier molecular flexibility index (Phi) is 4.22. The van der Waals surface area contributed by atoms with E-state index in [0.717, 1.165) is 0 Å². The molecule has 0 aliphatic carbocycles. The van der Waals surface area contributed by atoms with Crippen molar-refractivity contribution in [1.29, 1.82) is 0 Å². The molecule has 0 atom stereocenters. The highest BCUT2D eigenvalue weighted by atomic mass is 32.2. The summed E-state index contributed by atoms with van der Waals surface area (Å²) in [5.41, 5.74) is 0.554. The molecule has 2 heterocycles. The Morgan fingerprint density at radius 3 is 2.46 bits per heavy atom. The molecule has 0 unspecified atom stereocenters. The molecule has 1 N–H and O–H groups in total. The summed E-state index contributed by atoms with van der Waals surface area (Å²) in [6.45, 7) is 2.01. The number of benzene rings is 1. The first-order chi connectivity index (χ1) is 11.5. The summed E-state index contributed by atoms with van der Waals surface area (Å²) in [6, 6.07) is 14.4. The third kappa shape index (κ3) is 2.95. The van der Waals surface area contributed by atoms with E-state index in [1.165, 1.54) is 28.6 Å². The van der Waals surface area contributed by atoms with Crippen LogP contribution >= 0.6 is 0 Å². The number of aromatic amines is 1. The molecule has 0 spiro atoms. The van der Waals surface area contributed by atoms with E-state index in [0.29, 0.717) is 11.4 Å². The average Bonchev–Trinajstić information content (AvgIpc) is 3.08. The Bertz CT molecular complexity index is 973. The number of aromatic nitrogens is 2. The fraction of sp³-hybridized carbons (Fsp3) is 0.125. The number of H-pyrrole nitrogens is 1. The maximum absolute atomic E-state index is 12.8. The standard InChI is InChI=1S/C16H15N3O4S/c1-2-19(12-6-4-3-5-7-12)24(21,22)16-11-9-14(23-16)13-8-10-15(20)18-17-13/h3-11H,2H2,1H3,(H,18,20). The second-order valence-electron chi connectivity index (χ2n) is 4.93. The van der Waals surface area contributed by atoms with Gasteiger partial charge in [0.25, 0.3) is 15.6 Å². The van der Waals surface area contributed by atoms with E-state index in [2.05, 4.69) is 10.2 Å². The maximum Gasteiger partial charge on any atom is 0.297 e. The fourth-order valence-corrected chi connectivity index (χ4v) is 3.66. The second kappa shape index (κ2) is 6.32. The average molecular weight is 345 g/mol. The monoisotopic (exact) mass is 345 g/mol. The number of sulfonamides is 1. The van der Waals surface area contributed by atoms with E-state index >= 15 is 0 Å². The highest BCUT2D eigenvalue weighted by Gasteiger charge is 2.27. The van der Waals surface area contributed by atoms with Gasteiger partial charge in [0.2, 0.25) is 5.09 Å². The molecule has 8 heteroatoms. The van der Waals surface area contributed by atoms with Crippen molar-refractivity contribution in [2.75, 3.05) is 10.8 Å². The van der Waals surface area contributed by atoms with Crippen molar-refractivity contribution in [3.63, 3.8) is 0 Å². The SMILES string of the molecule is CCN(c1ccccc1)S(=O)(=O)c1ccc(-c2ccc(=O)[nH]n2)o1. The lowest BCUT2D eigenvalue weighted by Crippen LogP contribution is -2.30. The molecule has 3 rings (SSSR count). The van der Waals surface area contributed by atoms with Crippen LogP contribution in [0.15, 0.2) is 68.9 Å². The predicted octanol–water partition coefficient (Wildman–Crippen LogP) is 2.25. The zero-order valence-electron chi connectivity index (χ0n) is 12.8. The van der Waals surface area contributed by atoms with Crippen LogP contribution < -0.4 is 9.86 Å². The van der Waals surface area contributed by atoms with Gasteiger partial charge < -0.3 is 4.42 Å². The molecule has 0 radical (unpaired) electrons. The topological polar surface area (TPSA) is 96.3 Å². The van der Waals surface area contributed by atoms with Crippen molar-refractivity contribution in [3.8, 4) is 11.5 Å². The van der Waals surface area contributed by atoms with Crippen LogP contribution in [-0.2, 0) is 10.0 Å². The minimum Gasteiger partial charge on any atom is -0.441 e. The summed E-state index contributed by atoms with van der Waals surface area (Å²) in [6.07, 6.45) is 0. The number of furan rings is 1. The zero-order valence-corrected chi connectivity index (χ0v) is 13.7. The van der Waals surface area contributed by atoms with Gasteiger partial charge in [-0.15, -0.1) is 0 Å². The largest absolute Gasteiger partial charge is 0.441 e. The summed E-state index contributed by atoms with van der Waals surface area (Å²) < 4.78 is 32.4. The van der Waals surface area contributed by atoms with E-state index in [1.807, 2.05) is 6.07 Å². The number of para-hydroxylation sites is 1. The van der Waals surface area contributed by atoms with Crippen LogP contribution in [0, 0.1) is 0 Å². The lowest BCUT2D eigenvalue weighted by Gasteiger charge is -2.21. The Morgan fingerprint density at radius 2 is 1.83 bits per heavy atom. The zero-order chi connectivity index (χ0) is 17.2. The van der Waals surface area contributed by atoms with Crippen LogP contribution in [0.2, 0.25) is 0 Å². The quantitative estimate of drug-likeness (QED) is 0.765. The van der Waals surface area contributed by atoms with Crippen LogP contribution in [0.5, 0.6) is 0 Å². The Morgan fingerprint density at radius 1 is 1.08 bits per heavy atom. The van der Waals surface area contributed by atoms with Crippen LogP contribution in [-0.4, -0.2) is 25.2 Å². The second-order valence-corrected chi connectivity index (χ2v) is 6.72. The third-order valence-electron chi connectivity index (χ3n) is 3.39. The number of hydrogen-bond donors (Lipinski definition) is 1.